The second-order valence-electron chi connectivity index (χ2n) is 8.19. The molecular formula is C25H40N8O4S2. The first-order chi connectivity index (χ1) is 18.9. The molecule has 0 aromatic carbocycles. The fourth-order valence-corrected chi connectivity index (χ4v) is 5.54. The molecule has 12 nitrogen and oxygen atoms in total. The molecule has 14 heteroatoms. The number of guanidine groups is 2. The highest BCUT2D eigenvalue weighted by atomic mass is 32.2. The van der Waals surface area contributed by atoms with Crippen molar-refractivity contribution in [1.82, 2.24) is 19.8 Å². The smallest absolute Gasteiger partial charge is 0.188 e. The molecule has 0 aliphatic rings. The lowest BCUT2D eigenvalue weighted by molar-refractivity contribution is 0.350. The Bertz CT molecular complexity index is 981. The number of hydrogen-bond donors (Lipinski definition) is 4. The number of nitrogens with two attached hydrogens (primary N) is 2. The Balaban J connectivity index is 1.76. The highest BCUT2D eigenvalue weighted by Crippen LogP contribution is 2.32. The Morgan fingerprint density at radius 2 is 1.13 bits per heavy atom. The normalized spacial score (nSPS) is 10.6. The highest BCUT2D eigenvalue weighted by Gasteiger charge is 2.14. The zero-order chi connectivity index (χ0) is 28.6. The van der Waals surface area contributed by atoms with E-state index in [2.05, 4.69) is 9.97 Å². The van der Waals surface area contributed by atoms with E-state index in [-0.39, 0.29) is 11.9 Å². The maximum Gasteiger partial charge on any atom is 0.188 e. The van der Waals surface area contributed by atoms with Crippen LogP contribution in [0.1, 0.15) is 17.8 Å². The molecule has 0 aliphatic carbocycles. The Morgan fingerprint density at radius 3 is 1.46 bits per heavy atom. The van der Waals surface area contributed by atoms with Gasteiger partial charge in [-0.05, 0) is 6.42 Å². The van der Waals surface area contributed by atoms with Crippen LogP contribution >= 0.6 is 23.5 Å². The first kappa shape index (κ1) is 32.0. The van der Waals surface area contributed by atoms with Crippen LogP contribution in [0.4, 0.5) is 0 Å². The fraction of sp³-hybridized carbons (Fsp3) is 0.520. The van der Waals surface area contributed by atoms with Crippen molar-refractivity contribution >= 4 is 35.4 Å². The number of ether oxygens (including phenoxy) is 4. The van der Waals surface area contributed by atoms with Gasteiger partial charge in [0.2, 0.25) is 0 Å². The lowest BCUT2D eigenvalue weighted by Crippen LogP contribution is -2.42. The van der Waals surface area contributed by atoms with Crippen molar-refractivity contribution in [2.45, 2.75) is 17.9 Å². The molecule has 0 spiro atoms. The molecule has 0 bridgehead atoms. The van der Waals surface area contributed by atoms with E-state index in [4.69, 9.17) is 41.2 Å². The van der Waals surface area contributed by atoms with Crippen LogP contribution in [0, 0.1) is 10.8 Å². The zero-order valence-corrected chi connectivity index (χ0v) is 24.7. The largest absolute Gasteiger partial charge is 0.493 e. The summed E-state index contributed by atoms with van der Waals surface area (Å²) >= 11 is 3.36. The van der Waals surface area contributed by atoms with Crippen LogP contribution in [-0.2, 0) is 11.5 Å². The molecule has 0 amide bonds. The molecule has 0 aliphatic heterocycles. The maximum absolute atomic E-state index is 7.95. The number of aromatic nitrogens is 2. The van der Waals surface area contributed by atoms with Gasteiger partial charge in [-0.1, -0.05) is 0 Å². The van der Waals surface area contributed by atoms with Gasteiger partial charge in [0.05, 0.1) is 39.8 Å². The first-order valence-corrected chi connectivity index (χ1v) is 14.6. The number of hydrogen-bond acceptors (Lipinski definition) is 10. The van der Waals surface area contributed by atoms with Gasteiger partial charge in [-0.25, -0.2) is 0 Å². The zero-order valence-electron chi connectivity index (χ0n) is 23.1. The fourth-order valence-electron chi connectivity index (χ4n) is 3.75. The number of methoxy groups -OCH3 is 4. The van der Waals surface area contributed by atoms with Crippen LogP contribution in [-0.4, -0.2) is 97.8 Å². The number of rotatable bonds is 18. The van der Waals surface area contributed by atoms with Crippen LogP contribution in [0.5, 0.6) is 23.0 Å². The summed E-state index contributed by atoms with van der Waals surface area (Å²) in [6.07, 6.45) is 4.11. The van der Waals surface area contributed by atoms with Crippen molar-refractivity contribution in [2.75, 3.05) is 66.1 Å². The molecule has 39 heavy (non-hydrogen) atoms. The molecule has 2 aromatic heterocycles. The molecule has 0 fully saturated rings. The van der Waals surface area contributed by atoms with Gasteiger partial charge in [-0.3, -0.25) is 20.8 Å². The SMILES string of the molecule is COc1ccnc(CSCCN(CCCN(CCSCc2nccc(OC)c2OC)C(=N)N)C(=N)N)c1OC. The van der Waals surface area contributed by atoms with E-state index >= 15 is 0 Å². The Morgan fingerprint density at radius 1 is 0.718 bits per heavy atom. The standard InChI is InChI=1S/C25H40N8O4S2/c1-34-20-6-8-30-18(22(20)36-3)16-38-14-12-32(24(26)27)10-5-11-33(25(28)29)13-15-39-17-19-23(37-4)21(35-2)7-9-31-19/h6-9H,5,10-17H2,1-4H3,(H3,26,27)(H3,28,29). The van der Waals surface area contributed by atoms with Crippen molar-refractivity contribution in [3.05, 3.63) is 35.9 Å². The summed E-state index contributed by atoms with van der Waals surface area (Å²) in [6, 6.07) is 3.53. The molecule has 0 atom stereocenters. The minimum absolute atomic E-state index is 0.0253. The van der Waals surface area contributed by atoms with E-state index in [1.165, 1.54) is 0 Å². The molecule has 216 valence electrons. The Kier molecular flexibility index (Phi) is 14.2. The van der Waals surface area contributed by atoms with Crippen molar-refractivity contribution in [3.8, 4) is 23.0 Å². The lowest BCUT2D eigenvalue weighted by Gasteiger charge is -2.26. The second-order valence-corrected chi connectivity index (χ2v) is 10.4. The van der Waals surface area contributed by atoms with Gasteiger partial charge in [0, 0.05) is 73.7 Å². The van der Waals surface area contributed by atoms with Gasteiger partial charge in [0.1, 0.15) is 0 Å². The maximum atomic E-state index is 7.95. The second kappa shape index (κ2) is 17.4. The van der Waals surface area contributed by atoms with Crippen molar-refractivity contribution < 1.29 is 18.9 Å². The molecule has 2 heterocycles. The third kappa shape index (κ3) is 10.1. The van der Waals surface area contributed by atoms with E-state index < -0.39 is 0 Å². The molecule has 0 unspecified atom stereocenters. The quantitative estimate of drug-likeness (QED) is 0.116. The Hall–Kier alpha value is -3.26. The van der Waals surface area contributed by atoms with Crippen LogP contribution in [0.2, 0.25) is 0 Å². The predicted molar refractivity (Wildman–Crippen MR) is 159 cm³/mol. The van der Waals surface area contributed by atoms with Crippen LogP contribution < -0.4 is 30.4 Å². The van der Waals surface area contributed by atoms with Crippen molar-refractivity contribution in [1.29, 1.82) is 10.8 Å². The summed E-state index contributed by atoms with van der Waals surface area (Å²) in [7, 11) is 6.40. The average molecular weight is 581 g/mol. The van der Waals surface area contributed by atoms with E-state index in [9.17, 15) is 0 Å². The van der Waals surface area contributed by atoms with Gasteiger partial charge in [-0.2, -0.15) is 23.5 Å². The van der Waals surface area contributed by atoms with Crippen molar-refractivity contribution in [3.63, 3.8) is 0 Å². The van der Waals surface area contributed by atoms with Gasteiger partial charge >= 0.3 is 0 Å². The lowest BCUT2D eigenvalue weighted by atomic mass is 10.3. The van der Waals surface area contributed by atoms with Crippen LogP contribution in [0.15, 0.2) is 24.5 Å². The summed E-state index contributed by atoms with van der Waals surface area (Å²) in [6.45, 7) is 2.44. The molecule has 6 N–H and O–H groups in total. The number of thioether (sulfide) groups is 2. The van der Waals surface area contributed by atoms with Crippen molar-refractivity contribution in [2.24, 2.45) is 11.5 Å². The van der Waals surface area contributed by atoms with Gasteiger partial charge < -0.3 is 40.2 Å². The molecule has 0 saturated carbocycles. The first-order valence-electron chi connectivity index (χ1n) is 12.3. The molecular weight excluding hydrogens is 540 g/mol. The summed E-state index contributed by atoms with van der Waals surface area (Å²) < 4.78 is 21.6. The molecule has 2 rings (SSSR count). The highest BCUT2D eigenvalue weighted by molar-refractivity contribution is 7.98. The van der Waals surface area contributed by atoms with E-state index in [0.29, 0.717) is 67.1 Å². The summed E-state index contributed by atoms with van der Waals surface area (Å²) in [5.74, 6) is 5.45. The third-order valence-electron chi connectivity index (χ3n) is 5.76. The number of nitrogens with zero attached hydrogens (tertiary/aromatic N) is 4. The van der Waals surface area contributed by atoms with E-state index in [1.54, 1.807) is 76.5 Å². The third-order valence-corrected chi connectivity index (χ3v) is 7.66. The van der Waals surface area contributed by atoms with E-state index in [1.807, 2.05) is 9.80 Å². The molecule has 2 aromatic rings. The van der Waals surface area contributed by atoms with Crippen LogP contribution in [0.25, 0.3) is 0 Å². The summed E-state index contributed by atoms with van der Waals surface area (Å²) in [4.78, 5) is 12.5. The van der Waals surface area contributed by atoms with E-state index in [0.717, 1.165) is 22.9 Å². The average Bonchev–Trinajstić information content (AvgIpc) is 2.94. The molecule has 0 saturated heterocycles. The summed E-state index contributed by atoms with van der Waals surface area (Å²) in [5, 5.41) is 15.9. The predicted octanol–water partition coefficient (Wildman–Crippen LogP) is 2.46. The minimum Gasteiger partial charge on any atom is -0.493 e. The minimum atomic E-state index is 0.0253. The number of pyridine rings is 2. The summed E-state index contributed by atoms with van der Waals surface area (Å²) in [5.41, 5.74) is 13.3. The van der Waals surface area contributed by atoms with Crippen LogP contribution in [0.3, 0.4) is 0 Å². The van der Waals surface area contributed by atoms with Gasteiger partial charge in [-0.15, -0.1) is 0 Å². The van der Waals surface area contributed by atoms with Gasteiger partial charge in [0.25, 0.3) is 0 Å². The topological polar surface area (TPSA) is 169 Å². The Labute approximate surface area is 239 Å². The van der Waals surface area contributed by atoms with Gasteiger partial charge in [0.15, 0.2) is 34.9 Å². The molecule has 0 radical (unpaired) electrons. The monoisotopic (exact) mass is 580 g/mol. The number of nitrogens with one attached hydrogen (secondary N) is 2.